The van der Waals surface area contributed by atoms with Crippen LogP contribution in [0.2, 0.25) is 0 Å². The fourth-order valence-electron chi connectivity index (χ4n) is 4.76. The molecule has 5 heteroatoms. The maximum Gasteiger partial charge on any atom is 0.127 e. The highest BCUT2D eigenvalue weighted by molar-refractivity contribution is 5.17. The molecule has 1 aromatic carbocycles. The Morgan fingerprint density at radius 1 is 1.07 bits per heavy atom. The van der Waals surface area contributed by atoms with Crippen LogP contribution in [0.4, 0.5) is 4.39 Å². The van der Waals surface area contributed by atoms with Crippen molar-refractivity contribution in [2.75, 3.05) is 32.8 Å². The summed E-state index contributed by atoms with van der Waals surface area (Å²) >= 11 is 0. The molecule has 2 aromatic rings. The lowest BCUT2D eigenvalue weighted by atomic mass is 9.95. The van der Waals surface area contributed by atoms with Crippen LogP contribution in [0.25, 0.3) is 0 Å². The van der Waals surface area contributed by atoms with E-state index in [0.29, 0.717) is 18.6 Å². The monoisotopic (exact) mass is 411 g/mol. The van der Waals surface area contributed by atoms with Crippen molar-refractivity contribution in [3.63, 3.8) is 0 Å². The molecule has 0 bridgehead atoms. The van der Waals surface area contributed by atoms with Gasteiger partial charge in [0.15, 0.2) is 0 Å². The maximum atomic E-state index is 14.0. The molecule has 0 saturated carbocycles. The number of halogens is 1. The Hall–Kier alpha value is -1.82. The number of ether oxygens (including phenoxy) is 1. The number of likely N-dealkylation sites (tertiary alicyclic amines) is 1. The summed E-state index contributed by atoms with van der Waals surface area (Å²) in [6.07, 6.45) is 5.03. The maximum absolute atomic E-state index is 14.0. The smallest absolute Gasteiger partial charge is 0.127 e. The van der Waals surface area contributed by atoms with Gasteiger partial charge in [-0.15, -0.1) is 0 Å². The first-order valence-electron chi connectivity index (χ1n) is 11.4. The van der Waals surface area contributed by atoms with Crippen LogP contribution < -0.4 is 0 Å². The summed E-state index contributed by atoms with van der Waals surface area (Å²) in [4.78, 5) is 9.66. The van der Waals surface area contributed by atoms with E-state index < -0.39 is 0 Å². The molecule has 2 fully saturated rings. The predicted molar refractivity (Wildman–Crippen MR) is 118 cm³/mol. The zero-order chi connectivity index (χ0) is 20.8. The molecule has 1 aromatic heterocycles. The van der Waals surface area contributed by atoms with Crippen LogP contribution in [0, 0.1) is 18.7 Å². The Morgan fingerprint density at radius 2 is 1.90 bits per heavy atom. The first kappa shape index (κ1) is 21.4. The van der Waals surface area contributed by atoms with Crippen LogP contribution in [0.1, 0.15) is 42.6 Å². The molecular formula is C25H34FN3O. The topological polar surface area (TPSA) is 28.6 Å². The molecule has 162 valence electrons. The minimum Gasteiger partial charge on any atom is -0.377 e. The molecule has 1 atom stereocenters. The van der Waals surface area contributed by atoms with Crippen molar-refractivity contribution in [3.05, 3.63) is 65.2 Å². The number of rotatable bonds is 8. The number of piperidine rings is 1. The van der Waals surface area contributed by atoms with Crippen LogP contribution >= 0.6 is 0 Å². The van der Waals surface area contributed by atoms with Crippen molar-refractivity contribution >= 4 is 0 Å². The normalized spacial score (nSPS) is 20.8. The van der Waals surface area contributed by atoms with E-state index in [1.807, 2.05) is 12.1 Å². The summed E-state index contributed by atoms with van der Waals surface area (Å²) < 4.78 is 19.9. The molecule has 0 unspecified atom stereocenters. The van der Waals surface area contributed by atoms with Gasteiger partial charge in [0.05, 0.1) is 11.8 Å². The Balaban J connectivity index is 1.31. The second-order valence-corrected chi connectivity index (χ2v) is 8.91. The first-order valence-corrected chi connectivity index (χ1v) is 11.4. The number of benzene rings is 1. The van der Waals surface area contributed by atoms with Crippen LogP contribution in [0.5, 0.6) is 0 Å². The third kappa shape index (κ3) is 6.10. The average molecular weight is 412 g/mol. The third-order valence-corrected chi connectivity index (χ3v) is 6.39. The lowest BCUT2D eigenvalue weighted by Gasteiger charge is -2.35. The molecule has 2 saturated heterocycles. The number of aromatic nitrogens is 1. The van der Waals surface area contributed by atoms with Gasteiger partial charge < -0.3 is 4.74 Å². The van der Waals surface area contributed by atoms with E-state index in [2.05, 4.69) is 34.9 Å². The fraction of sp³-hybridized carbons (Fsp3) is 0.560. The van der Waals surface area contributed by atoms with Crippen molar-refractivity contribution in [1.82, 2.24) is 14.8 Å². The van der Waals surface area contributed by atoms with Crippen molar-refractivity contribution in [3.8, 4) is 0 Å². The van der Waals surface area contributed by atoms with Crippen LogP contribution in [0.15, 0.2) is 42.5 Å². The second kappa shape index (κ2) is 10.5. The molecule has 4 nitrogen and oxygen atoms in total. The molecule has 0 amide bonds. The standard InChI is InChI=1S/C25H34FN3O/c1-20-6-4-8-23(27-20)18-29(19-24-9-5-15-30-24)16-21-11-13-28(14-12-21)17-22-7-2-3-10-25(22)26/h2-4,6-8,10,21,24H,5,9,11-19H2,1H3/t24-/m0/s1. The van der Waals surface area contributed by atoms with E-state index in [1.54, 1.807) is 12.1 Å². The summed E-state index contributed by atoms with van der Waals surface area (Å²) in [6.45, 7) is 8.71. The number of aryl methyl sites for hydroxylation is 1. The highest BCUT2D eigenvalue weighted by Gasteiger charge is 2.25. The molecule has 4 rings (SSSR count). The zero-order valence-corrected chi connectivity index (χ0v) is 18.1. The average Bonchev–Trinajstić information content (AvgIpc) is 3.24. The minimum atomic E-state index is -0.0898. The molecule has 30 heavy (non-hydrogen) atoms. The Labute approximate surface area is 180 Å². The van der Waals surface area contributed by atoms with Gasteiger partial charge in [-0.25, -0.2) is 4.39 Å². The Morgan fingerprint density at radius 3 is 2.63 bits per heavy atom. The minimum absolute atomic E-state index is 0.0898. The molecule has 0 radical (unpaired) electrons. The van der Waals surface area contributed by atoms with Crippen molar-refractivity contribution in [1.29, 1.82) is 0 Å². The predicted octanol–water partition coefficient (Wildman–Crippen LogP) is 4.42. The molecule has 0 aliphatic carbocycles. The van der Waals surface area contributed by atoms with Crippen molar-refractivity contribution in [2.24, 2.45) is 5.92 Å². The highest BCUT2D eigenvalue weighted by Crippen LogP contribution is 2.23. The first-order chi connectivity index (χ1) is 14.7. The van der Waals surface area contributed by atoms with Gasteiger partial charge >= 0.3 is 0 Å². The number of nitrogens with zero attached hydrogens (tertiary/aromatic N) is 3. The molecule has 3 heterocycles. The fourth-order valence-corrected chi connectivity index (χ4v) is 4.76. The van der Waals surface area contributed by atoms with E-state index in [4.69, 9.17) is 9.72 Å². The number of pyridine rings is 1. The highest BCUT2D eigenvalue weighted by atomic mass is 19.1. The van der Waals surface area contributed by atoms with Gasteiger partial charge in [0, 0.05) is 44.0 Å². The molecule has 0 spiro atoms. The Bertz CT molecular complexity index is 800. The second-order valence-electron chi connectivity index (χ2n) is 8.91. The molecule has 2 aliphatic heterocycles. The number of hydrogen-bond acceptors (Lipinski definition) is 4. The Kier molecular flexibility index (Phi) is 7.47. The zero-order valence-electron chi connectivity index (χ0n) is 18.1. The largest absolute Gasteiger partial charge is 0.377 e. The van der Waals surface area contributed by atoms with Crippen molar-refractivity contribution < 1.29 is 9.13 Å². The lowest BCUT2D eigenvalue weighted by molar-refractivity contribution is 0.0564. The third-order valence-electron chi connectivity index (χ3n) is 6.39. The van der Waals surface area contributed by atoms with Crippen LogP contribution in [-0.4, -0.2) is 53.7 Å². The SMILES string of the molecule is Cc1cccc(CN(CC2CCN(Cc3ccccc3F)CC2)C[C@@H]2CCCO2)n1. The molecule has 2 aliphatic rings. The van der Waals surface area contributed by atoms with E-state index in [9.17, 15) is 4.39 Å². The lowest BCUT2D eigenvalue weighted by Crippen LogP contribution is -2.40. The summed E-state index contributed by atoms with van der Waals surface area (Å²) in [5.74, 6) is 0.584. The molecular weight excluding hydrogens is 377 g/mol. The van der Waals surface area contributed by atoms with Crippen LogP contribution in [-0.2, 0) is 17.8 Å². The summed E-state index contributed by atoms with van der Waals surface area (Å²) in [6, 6.07) is 13.4. The van der Waals surface area contributed by atoms with Crippen molar-refractivity contribution in [2.45, 2.75) is 51.8 Å². The summed E-state index contributed by atoms with van der Waals surface area (Å²) in [5.41, 5.74) is 3.03. The summed E-state index contributed by atoms with van der Waals surface area (Å²) in [7, 11) is 0. The van der Waals surface area contributed by atoms with Gasteiger partial charge in [-0.05, 0) is 69.8 Å². The van der Waals surface area contributed by atoms with E-state index in [0.717, 1.165) is 69.1 Å². The quantitative estimate of drug-likeness (QED) is 0.643. The summed E-state index contributed by atoms with van der Waals surface area (Å²) in [5, 5.41) is 0. The number of hydrogen-bond donors (Lipinski definition) is 0. The van der Waals surface area contributed by atoms with Gasteiger partial charge in [-0.2, -0.15) is 0 Å². The van der Waals surface area contributed by atoms with Gasteiger partial charge in [0.25, 0.3) is 0 Å². The van der Waals surface area contributed by atoms with Gasteiger partial charge in [-0.1, -0.05) is 24.3 Å². The van der Waals surface area contributed by atoms with Gasteiger partial charge in [0.1, 0.15) is 5.82 Å². The van der Waals surface area contributed by atoms with E-state index >= 15 is 0 Å². The van der Waals surface area contributed by atoms with E-state index in [1.165, 1.54) is 12.8 Å². The molecule has 0 N–H and O–H groups in total. The van der Waals surface area contributed by atoms with E-state index in [-0.39, 0.29) is 5.82 Å². The van der Waals surface area contributed by atoms with Crippen LogP contribution in [0.3, 0.4) is 0 Å². The van der Waals surface area contributed by atoms with Gasteiger partial charge in [0.2, 0.25) is 0 Å². The van der Waals surface area contributed by atoms with Gasteiger partial charge in [-0.3, -0.25) is 14.8 Å².